The average Bonchev–Trinajstić information content (AvgIpc) is 2.58. The van der Waals surface area contributed by atoms with E-state index >= 15 is 0 Å². The molecule has 0 aliphatic carbocycles. The van der Waals surface area contributed by atoms with Crippen LogP contribution < -0.4 is 4.74 Å². The third-order valence-corrected chi connectivity index (χ3v) is 3.01. The van der Waals surface area contributed by atoms with Gasteiger partial charge in [0.1, 0.15) is 5.75 Å². The first-order valence-corrected chi connectivity index (χ1v) is 6.75. The Bertz CT molecular complexity index is 750. The molecule has 0 saturated heterocycles. The maximum absolute atomic E-state index is 11.8. The zero-order valence-electron chi connectivity index (χ0n) is 12.2. The van der Waals surface area contributed by atoms with E-state index in [4.69, 9.17) is 10.00 Å². The summed E-state index contributed by atoms with van der Waals surface area (Å²) in [6.45, 7) is 0. The van der Waals surface area contributed by atoms with Crippen LogP contribution in [0.5, 0.6) is 5.75 Å². The lowest BCUT2D eigenvalue weighted by Crippen LogP contribution is -1.86. The number of benzene rings is 2. The highest BCUT2D eigenvalue weighted by Gasteiger charge is 1.94. The van der Waals surface area contributed by atoms with Gasteiger partial charge in [-0.3, -0.25) is 4.79 Å². The second kappa shape index (κ2) is 7.61. The van der Waals surface area contributed by atoms with Crippen LogP contribution in [0.3, 0.4) is 0 Å². The molecular weight excluding hydrogens is 274 g/mol. The third-order valence-electron chi connectivity index (χ3n) is 3.01. The first kappa shape index (κ1) is 15.3. The molecule has 0 heterocycles. The van der Waals surface area contributed by atoms with Gasteiger partial charge in [0.25, 0.3) is 0 Å². The minimum atomic E-state index is -0.104. The molecule has 108 valence electrons. The summed E-state index contributed by atoms with van der Waals surface area (Å²) in [4.78, 5) is 11.8. The summed E-state index contributed by atoms with van der Waals surface area (Å²) in [6, 6.07) is 16.6. The number of methoxy groups -OCH3 is 1. The summed E-state index contributed by atoms with van der Waals surface area (Å²) in [5, 5.41) is 8.72. The lowest BCUT2D eigenvalue weighted by atomic mass is 10.1. The first-order chi connectivity index (χ1) is 10.7. The van der Waals surface area contributed by atoms with Gasteiger partial charge in [-0.2, -0.15) is 5.26 Å². The van der Waals surface area contributed by atoms with Crippen molar-refractivity contribution in [2.24, 2.45) is 0 Å². The Morgan fingerprint density at radius 1 is 1.05 bits per heavy atom. The fourth-order valence-electron chi connectivity index (χ4n) is 1.83. The maximum Gasteiger partial charge on any atom is 0.178 e. The Labute approximate surface area is 129 Å². The largest absolute Gasteiger partial charge is 0.497 e. The van der Waals surface area contributed by atoms with Gasteiger partial charge in [0.05, 0.1) is 18.7 Å². The molecular formula is C19H15NO2. The number of ketones is 1. The zero-order valence-corrected chi connectivity index (χ0v) is 12.2. The van der Waals surface area contributed by atoms with Crippen molar-refractivity contribution in [1.82, 2.24) is 0 Å². The Morgan fingerprint density at radius 2 is 1.73 bits per heavy atom. The average molecular weight is 289 g/mol. The minimum absolute atomic E-state index is 0.104. The van der Waals surface area contributed by atoms with E-state index in [1.807, 2.05) is 24.3 Å². The zero-order chi connectivity index (χ0) is 15.8. The molecule has 3 heteroatoms. The molecule has 0 N–H and O–H groups in total. The van der Waals surface area contributed by atoms with Gasteiger partial charge in [0.15, 0.2) is 5.78 Å². The highest BCUT2D eigenvalue weighted by atomic mass is 16.5. The van der Waals surface area contributed by atoms with Crippen LogP contribution in [-0.2, 0) is 4.79 Å². The number of allylic oxidation sites excluding steroid dienone is 2. The number of ether oxygens (including phenoxy) is 1. The molecule has 22 heavy (non-hydrogen) atoms. The van der Waals surface area contributed by atoms with Crippen molar-refractivity contribution in [1.29, 1.82) is 5.26 Å². The molecule has 3 nitrogen and oxygen atoms in total. The molecule has 0 amide bonds. The van der Waals surface area contributed by atoms with Crippen LogP contribution in [0.25, 0.3) is 12.2 Å². The summed E-state index contributed by atoms with van der Waals surface area (Å²) in [7, 11) is 1.61. The van der Waals surface area contributed by atoms with Crippen molar-refractivity contribution in [2.45, 2.75) is 0 Å². The number of nitriles is 1. The number of carbonyl (C=O) groups is 1. The molecule has 0 atom stereocenters. The maximum atomic E-state index is 11.8. The van der Waals surface area contributed by atoms with E-state index in [2.05, 4.69) is 6.07 Å². The second-order valence-corrected chi connectivity index (χ2v) is 4.58. The molecule has 2 rings (SSSR count). The van der Waals surface area contributed by atoms with E-state index in [-0.39, 0.29) is 5.78 Å². The van der Waals surface area contributed by atoms with E-state index in [1.54, 1.807) is 43.5 Å². The molecule has 0 saturated carbocycles. The number of nitrogens with zero attached hydrogens (tertiary/aromatic N) is 1. The number of rotatable bonds is 5. The smallest absolute Gasteiger partial charge is 0.178 e. The highest BCUT2D eigenvalue weighted by Crippen LogP contribution is 2.13. The Morgan fingerprint density at radius 3 is 2.36 bits per heavy atom. The summed E-state index contributed by atoms with van der Waals surface area (Å²) in [5.41, 5.74) is 2.38. The number of hydrogen-bond donors (Lipinski definition) is 0. The van der Waals surface area contributed by atoms with Crippen LogP contribution in [-0.4, -0.2) is 12.9 Å². The van der Waals surface area contributed by atoms with Crippen LogP contribution in [0.15, 0.2) is 60.7 Å². The lowest BCUT2D eigenvalue weighted by Gasteiger charge is -1.99. The molecule has 2 aromatic carbocycles. The van der Waals surface area contributed by atoms with E-state index in [0.29, 0.717) is 5.56 Å². The monoisotopic (exact) mass is 289 g/mol. The number of carbonyl (C=O) groups excluding carboxylic acids is 1. The SMILES string of the molecule is COc1cccc(/C=C/C(=O)/C=C/c2ccc(C#N)cc2)c1. The van der Waals surface area contributed by atoms with Crippen molar-refractivity contribution in [2.75, 3.05) is 7.11 Å². The van der Waals surface area contributed by atoms with Crippen LogP contribution in [0.4, 0.5) is 0 Å². The first-order valence-electron chi connectivity index (χ1n) is 6.75. The summed E-state index contributed by atoms with van der Waals surface area (Å²) >= 11 is 0. The van der Waals surface area contributed by atoms with Crippen molar-refractivity contribution < 1.29 is 9.53 Å². The second-order valence-electron chi connectivity index (χ2n) is 4.58. The summed E-state index contributed by atoms with van der Waals surface area (Å²) in [5.74, 6) is 0.648. The van der Waals surface area contributed by atoms with Gasteiger partial charge in [-0.05, 0) is 47.5 Å². The van der Waals surface area contributed by atoms with E-state index in [9.17, 15) is 4.79 Å². The van der Waals surface area contributed by atoms with Crippen LogP contribution in [0.1, 0.15) is 16.7 Å². The van der Waals surface area contributed by atoms with Crippen molar-refractivity contribution >= 4 is 17.9 Å². The molecule has 0 bridgehead atoms. The molecule has 0 radical (unpaired) electrons. The normalized spacial score (nSPS) is 10.7. The molecule has 0 aliphatic rings. The van der Waals surface area contributed by atoms with Gasteiger partial charge < -0.3 is 4.74 Å². The number of hydrogen-bond acceptors (Lipinski definition) is 3. The predicted octanol–water partition coefficient (Wildman–Crippen LogP) is 3.86. The summed E-state index contributed by atoms with van der Waals surface area (Å²) in [6.07, 6.45) is 6.47. The molecule has 0 spiro atoms. The highest BCUT2D eigenvalue weighted by molar-refractivity contribution is 6.04. The van der Waals surface area contributed by atoms with E-state index < -0.39 is 0 Å². The molecule has 0 fully saturated rings. The van der Waals surface area contributed by atoms with Gasteiger partial charge in [-0.15, -0.1) is 0 Å². The van der Waals surface area contributed by atoms with E-state index in [1.165, 1.54) is 12.2 Å². The van der Waals surface area contributed by atoms with Crippen LogP contribution >= 0.6 is 0 Å². The lowest BCUT2D eigenvalue weighted by molar-refractivity contribution is -0.110. The van der Waals surface area contributed by atoms with Gasteiger partial charge in [0.2, 0.25) is 0 Å². The van der Waals surface area contributed by atoms with Crippen molar-refractivity contribution in [3.05, 3.63) is 77.4 Å². The van der Waals surface area contributed by atoms with Crippen molar-refractivity contribution in [3.63, 3.8) is 0 Å². The van der Waals surface area contributed by atoms with E-state index in [0.717, 1.165) is 16.9 Å². The predicted molar refractivity (Wildman–Crippen MR) is 87.2 cm³/mol. The fraction of sp³-hybridized carbons (Fsp3) is 0.0526. The van der Waals surface area contributed by atoms with Gasteiger partial charge in [0, 0.05) is 0 Å². The van der Waals surface area contributed by atoms with Gasteiger partial charge in [-0.1, -0.05) is 36.4 Å². The van der Waals surface area contributed by atoms with Gasteiger partial charge in [-0.25, -0.2) is 0 Å². The molecule has 0 unspecified atom stereocenters. The Kier molecular flexibility index (Phi) is 5.28. The quantitative estimate of drug-likeness (QED) is 0.785. The Balaban J connectivity index is 2.00. The summed E-state index contributed by atoms with van der Waals surface area (Å²) < 4.78 is 5.13. The topological polar surface area (TPSA) is 50.1 Å². The van der Waals surface area contributed by atoms with Crippen LogP contribution in [0.2, 0.25) is 0 Å². The molecule has 0 aliphatic heterocycles. The van der Waals surface area contributed by atoms with Gasteiger partial charge >= 0.3 is 0 Å². The van der Waals surface area contributed by atoms with Crippen LogP contribution in [0, 0.1) is 11.3 Å². The third kappa shape index (κ3) is 4.46. The Hall–Kier alpha value is -3.12. The fourth-order valence-corrected chi connectivity index (χ4v) is 1.83. The van der Waals surface area contributed by atoms with Crippen molar-refractivity contribution in [3.8, 4) is 11.8 Å². The minimum Gasteiger partial charge on any atom is -0.497 e. The molecule has 0 aromatic heterocycles. The standard InChI is InChI=1S/C19H15NO2/c1-22-19-4-2-3-16(13-19)10-12-18(21)11-9-15-5-7-17(14-20)8-6-15/h2-13H,1H3/b11-9+,12-10+. The molecule has 2 aromatic rings.